The monoisotopic (exact) mass is 307 g/mol. The van der Waals surface area contributed by atoms with E-state index < -0.39 is 0 Å². The molecule has 1 heterocycles. The van der Waals surface area contributed by atoms with E-state index in [9.17, 15) is 0 Å². The number of rotatable bonds is 5. The third-order valence-electron chi connectivity index (χ3n) is 1.93. The van der Waals surface area contributed by atoms with Gasteiger partial charge in [0.2, 0.25) is 5.28 Å². The minimum atomic E-state index is -0.244. The van der Waals surface area contributed by atoms with Gasteiger partial charge in [-0.1, -0.05) is 0 Å². The fraction of sp³-hybridized carbons (Fsp3) is 0.600. The molecule has 0 saturated carbocycles. The quantitative estimate of drug-likeness (QED) is 0.849. The number of anilines is 1. The van der Waals surface area contributed by atoms with Gasteiger partial charge in [-0.2, -0.15) is 4.98 Å². The molecule has 0 bridgehead atoms. The van der Waals surface area contributed by atoms with Gasteiger partial charge >= 0.3 is 0 Å². The number of nitrogens with zero attached hydrogens (tertiary/aromatic N) is 2. The molecule has 0 saturated heterocycles. The maximum absolute atomic E-state index is 5.71. The molecule has 0 spiro atoms. The number of hydrogen-bond acceptors (Lipinski definition) is 4. The zero-order valence-electron chi connectivity index (χ0n) is 9.55. The maximum Gasteiger partial charge on any atom is 0.224 e. The number of ether oxygens (including phenoxy) is 1. The fourth-order valence-electron chi connectivity index (χ4n) is 1.21. The highest BCUT2D eigenvalue weighted by Crippen LogP contribution is 2.21. The van der Waals surface area contributed by atoms with E-state index in [1.165, 1.54) is 0 Å². The molecule has 0 unspecified atom stereocenters. The van der Waals surface area contributed by atoms with Crippen molar-refractivity contribution in [3.05, 3.63) is 16.0 Å². The van der Waals surface area contributed by atoms with Gasteiger partial charge in [0.05, 0.1) is 10.1 Å². The molecule has 0 atom stereocenters. The lowest BCUT2D eigenvalue weighted by Gasteiger charge is -2.25. The summed E-state index contributed by atoms with van der Waals surface area (Å²) in [6.07, 6.45) is 1.62. The van der Waals surface area contributed by atoms with Crippen molar-refractivity contribution >= 4 is 33.3 Å². The summed E-state index contributed by atoms with van der Waals surface area (Å²) in [4.78, 5) is 7.93. The van der Waals surface area contributed by atoms with Crippen molar-refractivity contribution in [2.24, 2.45) is 0 Å². The van der Waals surface area contributed by atoms with Crippen LogP contribution in [0.1, 0.15) is 20.8 Å². The van der Waals surface area contributed by atoms with E-state index in [1.54, 1.807) is 6.20 Å². The molecule has 0 radical (unpaired) electrons. The lowest BCUT2D eigenvalue weighted by molar-refractivity contribution is 0.000631. The second-order valence-electron chi connectivity index (χ2n) is 3.88. The zero-order chi connectivity index (χ0) is 12.2. The van der Waals surface area contributed by atoms with Crippen LogP contribution in [0.25, 0.3) is 0 Å². The van der Waals surface area contributed by atoms with Gasteiger partial charge in [-0.05, 0) is 48.3 Å². The molecule has 0 aliphatic rings. The first kappa shape index (κ1) is 13.7. The van der Waals surface area contributed by atoms with E-state index in [0.717, 1.165) is 4.47 Å². The second kappa shape index (κ2) is 5.80. The Kier molecular flexibility index (Phi) is 4.95. The van der Waals surface area contributed by atoms with Crippen molar-refractivity contribution in [1.82, 2.24) is 9.97 Å². The van der Waals surface area contributed by atoms with Crippen LogP contribution >= 0.6 is 27.5 Å². The molecule has 0 amide bonds. The SMILES string of the molecule is CCOC(C)(C)CNc1nc(Cl)ncc1Br. The Morgan fingerprint density at radius 2 is 2.25 bits per heavy atom. The highest BCUT2D eigenvalue weighted by atomic mass is 79.9. The standard InChI is InChI=1S/C10H15BrClN3O/c1-4-16-10(2,3)6-14-8-7(11)5-13-9(12)15-8/h5H,4,6H2,1-3H3,(H,13,14,15). The molecule has 1 N–H and O–H groups in total. The third-order valence-corrected chi connectivity index (χ3v) is 2.69. The summed E-state index contributed by atoms with van der Waals surface area (Å²) < 4.78 is 6.35. The van der Waals surface area contributed by atoms with Gasteiger partial charge < -0.3 is 10.1 Å². The van der Waals surface area contributed by atoms with Gasteiger partial charge in [-0.3, -0.25) is 0 Å². The fourth-order valence-corrected chi connectivity index (χ4v) is 1.67. The van der Waals surface area contributed by atoms with Crippen LogP contribution in [-0.4, -0.2) is 28.7 Å². The topological polar surface area (TPSA) is 47.0 Å². The number of nitrogens with one attached hydrogen (secondary N) is 1. The van der Waals surface area contributed by atoms with Crippen molar-refractivity contribution in [2.75, 3.05) is 18.5 Å². The molecule has 0 aromatic carbocycles. The molecular weight excluding hydrogens is 293 g/mol. The minimum Gasteiger partial charge on any atom is -0.374 e. The number of hydrogen-bond donors (Lipinski definition) is 1. The Morgan fingerprint density at radius 3 is 2.88 bits per heavy atom. The highest BCUT2D eigenvalue weighted by Gasteiger charge is 2.18. The van der Waals surface area contributed by atoms with Crippen molar-refractivity contribution in [1.29, 1.82) is 0 Å². The van der Waals surface area contributed by atoms with Gasteiger partial charge in [0.1, 0.15) is 5.82 Å². The van der Waals surface area contributed by atoms with Gasteiger partial charge in [0.25, 0.3) is 0 Å². The predicted molar refractivity (Wildman–Crippen MR) is 68.9 cm³/mol. The molecule has 0 aliphatic heterocycles. The molecule has 1 rings (SSSR count). The average molecular weight is 309 g/mol. The summed E-state index contributed by atoms with van der Waals surface area (Å²) in [6.45, 7) is 7.33. The van der Waals surface area contributed by atoms with Gasteiger partial charge in [-0.15, -0.1) is 0 Å². The summed E-state index contributed by atoms with van der Waals surface area (Å²) in [5.74, 6) is 0.674. The van der Waals surface area contributed by atoms with Crippen molar-refractivity contribution in [3.8, 4) is 0 Å². The smallest absolute Gasteiger partial charge is 0.224 e. The molecule has 0 fully saturated rings. The van der Waals surface area contributed by atoms with Gasteiger partial charge in [0.15, 0.2) is 0 Å². The van der Waals surface area contributed by atoms with Crippen molar-refractivity contribution in [3.63, 3.8) is 0 Å². The normalized spacial score (nSPS) is 11.6. The van der Waals surface area contributed by atoms with Crippen LogP contribution in [0.15, 0.2) is 10.7 Å². The Morgan fingerprint density at radius 1 is 1.56 bits per heavy atom. The molecule has 0 aliphatic carbocycles. The van der Waals surface area contributed by atoms with E-state index in [-0.39, 0.29) is 10.9 Å². The zero-order valence-corrected chi connectivity index (χ0v) is 11.9. The first-order valence-corrected chi connectivity index (χ1v) is 6.17. The van der Waals surface area contributed by atoms with E-state index in [4.69, 9.17) is 16.3 Å². The lowest BCUT2D eigenvalue weighted by atomic mass is 10.1. The molecule has 1 aromatic rings. The Hall–Kier alpha value is -0.390. The second-order valence-corrected chi connectivity index (χ2v) is 5.07. The molecule has 4 nitrogen and oxygen atoms in total. The van der Waals surface area contributed by atoms with Crippen LogP contribution in [0.3, 0.4) is 0 Å². The summed E-state index contributed by atoms with van der Waals surface area (Å²) in [7, 11) is 0. The van der Waals surface area contributed by atoms with Crippen molar-refractivity contribution in [2.45, 2.75) is 26.4 Å². The highest BCUT2D eigenvalue weighted by molar-refractivity contribution is 9.10. The summed E-state index contributed by atoms with van der Waals surface area (Å²) in [5, 5.41) is 3.39. The molecule has 90 valence electrons. The molecule has 6 heteroatoms. The Bertz CT molecular complexity index is 360. The van der Waals surface area contributed by atoms with Crippen LogP contribution in [0, 0.1) is 0 Å². The van der Waals surface area contributed by atoms with Crippen LogP contribution < -0.4 is 5.32 Å². The van der Waals surface area contributed by atoms with E-state index in [2.05, 4.69) is 31.2 Å². The van der Waals surface area contributed by atoms with Gasteiger partial charge in [-0.25, -0.2) is 4.98 Å². The summed E-state index contributed by atoms with van der Waals surface area (Å²) in [5.41, 5.74) is -0.244. The molecule has 16 heavy (non-hydrogen) atoms. The predicted octanol–water partition coefficient (Wildman–Crippen LogP) is 3.12. The van der Waals surface area contributed by atoms with Crippen molar-refractivity contribution < 1.29 is 4.74 Å². The van der Waals surface area contributed by atoms with Gasteiger partial charge in [0, 0.05) is 19.3 Å². The molecular formula is C10H15BrClN3O. The maximum atomic E-state index is 5.71. The average Bonchev–Trinajstić information content (AvgIpc) is 2.19. The van der Waals surface area contributed by atoms with Crippen LogP contribution in [0.4, 0.5) is 5.82 Å². The largest absolute Gasteiger partial charge is 0.374 e. The Balaban J connectivity index is 2.63. The van der Waals surface area contributed by atoms with E-state index in [1.807, 2.05) is 20.8 Å². The van der Waals surface area contributed by atoms with E-state index in [0.29, 0.717) is 19.0 Å². The molecule has 1 aromatic heterocycles. The minimum absolute atomic E-state index is 0.222. The summed E-state index contributed by atoms with van der Waals surface area (Å²) >= 11 is 9.06. The number of halogens is 2. The van der Waals surface area contributed by atoms with E-state index >= 15 is 0 Å². The summed E-state index contributed by atoms with van der Waals surface area (Å²) in [6, 6.07) is 0. The van der Waals surface area contributed by atoms with Crippen LogP contribution in [0.5, 0.6) is 0 Å². The third kappa shape index (κ3) is 4.23. The lowest BCUT2D eigenvalue weighted by Crippen LogP contribution is -2.33. The van der Waals surface area contributed by atoms with Crippen LogP contribution in [0.2, 0.25) is 5.28 Å². The first-order chi connectivity index (χ1) is 7.44. The Labute approximate surface area is 109 Å². The van der Waals surface area contributed by atoms with Crippen LogP contribution in [-0.2, 0) is 4.74 Å². The number of aromatic nitrogens is 2. The first-order valence-electron chi connectivity index (χ1n) is 5.00.